The van der Waals surface area contributed by atoms with Crippen molar-refractivity contribution in [1.82, 2.24) is 0 Å². The monoisotopic (exact) mass is 247 g/mol. The molecule has 1 N–H and O–H groups in total. The second-order valence-electron chi connectivity index (χ2n) is 2.34. The molecule has 0 aliphatic carbocycles. The Morgan fingerprint density at radius 3 is 2.75 bits per heavy atom. The molecular weight excluding hydrogens is 241 g/mol. The van der Waals surface area contributed by atoms with Crippen LogP contribution in [0.25, 0.3) is 0 Å². The molecule has 0 aromatic heterocycles. The fourth-order valence-electron chi connectivity index (χ4n) is 0.944. The maximum atomic E-state index is 10.2. The molecule has 0 fully saturated rings. The van der Waals surface area contributed by atoms with Crippen molar-refractivity contribution in [2.24, 2.45) is 0 Å². The molecule has 0 saturated heterocycles. The number of amides is 1. The second-order valence-corrected chi connectivity index (χ2v) is 3.63. The lowest BCUT2D eigenvalue weighted by Gasteiger charge is -2.06. The van der Waals surface area contributed by atoms with Gasteiger partial charge in [-0.1, -0.05) is 11.6 Å². The standard InChI is InChI=1S/C8H7BrClNO/c1-5-2-6(10)3-7(9)8(5)11-4-12/h2-4H,1H3,(H,11,12). The molecule has 1 rings (SSSR count). The van der Waals surface area contributed by atoms with Gasteiger partial charge in [0.25, 0.3) is 0 Å². The molecule has 0 atom stereocenters. The van der Waals surface area contributed by atoms with Gasteiger partial charge in [-0.15, -0.1) is 0 Å². The first-order valence-electron chi connectivity index (χ1n) is 3.31. The van der Waals surface area contributed by atoms with Crippen LogP contribution in [0.3, 0.4) is 0 Å². The molecule has 0 unspecified atom stereocenters. The number of anilines is 1. The van der Waals surface area contributed by atoms with Crippen molar-refractivity contribution in [3.63, 3.8) is 0 Å². The molecule has 12 heavy (non-hydrogen) atoms. The first kappa shape index (κ1) is 9.55. The van der Waals surface area contributed by atoms with E-state index >= 15 is 0 Å². The van der Waals surface area contributed by atoms with E-state index in [0.29, 0.717) is 11.4 Å². The molecule has 0 spiro atoms. The van der Waals surface area contributed by atoms with Crippen LogP contribution in [0.1, 0.15) is 5.56 Å². The van der Waals surface area contributed by atoms with Crippen LogP contribution in [0.2, 0.25) is 5.02 Å². The van der Waals surface area contributed by atoms with Gasteiger partial charge in [0, 0.05) is 9.50 Å². The van der Waals surface area contributed by atoms with Gasteiger partial charge in [0.1, 0.15) is 0 Å². The summed E-state index contributed by atoms with van der Waals surface area (Å²) in [5.41, 5.74) is 1.69. The van der Waals surface area contributed by atoms with E-state index in [1.54, 1.807) is 12.1 Å². The number of carbonyl (C=O) groups is 1. The van der Waals surface area contributed by atoms with Crippen molar-refractivity contribution in [1.29, 1.82) is 0 Å². The molecule has 2 nitrogen and oxygen atoms in total. The SMILES string of the molecule is Cc1cc(Cl)cc(Br)c1NC=O. The normalized spacial score (nSPS) is 9.58. The molecule has 0 aliphatic rings. The van der Waals surface area contributed by atoms with Crippen molar-refractivity contribution in [2.75, 3.05) is 5.32 Å². The molecule has 1 amide bonds. The lowest BCUT2D eigenvalue weighted by atomic mass is 10.2. The Kier molecular flexibility index (Phi) is 3.12. The topological polar surface area (TPSA) is 29.1 Å². The molecule has 0 heterocycles. The predicted molar refractivity (Wildman–Crippen MR) is 53.6 cm³/mol. The number of benzene rings is 1. The third kappa shape index (κ3) is 1.99. The third-order valence-corrected chi connectivity index (χ3v) is 2.30. The number of aryl methyl sites for hydroxylation is 1. The van der Waals surface area contributed by atoms with Gasteiger partial charge in [0.15, 0.2) is 0 Å². The molecule has 0 saturated carbocycles. The summed E-state index contributed by atoms with van der Waals surface area (Å²) in [6, 6.07) is 3.53. The van der Waals surface area contributed by atoms with Crippen LogP contribution in [0.4, 0.5) is 5.69 Å². The average Bonchev–Trinajstić information content (AvgIpc) is 1.96. The van der Waals surface area contributed by atoms with Crippen molar-refractivity contribution >= 4 is 39.6 Å². The Morgan fingerprint density at radius 1 is 1.58 bits per heavy atom. The van der Waals surface area contributed by atoms with E-state index in [-0.39, 0.29) is 0 Å². The fraction of sp³-hybridized carbons (Fsp3) is 0.125. The van der Waals surface area contributed by atoms with Gasteiger partial charge in [0.2, 0.25) is 6.41 Å². The number of halogens is 2. The summed E-state index contributed by atoms with van der Waals surface area (Å²) in [7, 11) is 0. The van der Waals surface area contributed by atoms with E-state index in [9.17, 15) is 4.79 Å². The van der Waals surface area contributed by atoms with Crippen LogP contribution in [0, 0.1) is 6.92 Å². The highest BCUT2D eigenvalue weighted by Crippen LogP contribution is 2.29. The van der Waals surface area contributed by atoms with Crippen molar-refractivity contribution in [2.45, 2.75) is 6.92 Å². The number of nitrogens with one attached hydrogen (secondary N) is 1. The smallest absolute Gasteiger partial charge is 0.211 e. The van der Waals surface area contributed by atoms with Crippen LogP contribution in [0.15, 0.2) is 16.6 Å². The zero-order chi connectivity index (χ0) is 9.14. The van der Waals surface area contributed by atoms with E-state index in [0.717, 1.165) is 15.7 Å². The molecule has 0 aliphatic heterocycles. The summed E-state index contributed by atoms with van der Waals surface area (Å²) in [6.45, 7) is 1.88. The number of hydrogen-bond acceptors (Lipinski definition) is 1. The Bertz CT molecular complexity index is 291. The average molecular weight is 249 g/mol. The highest BCUT2D eigenvalue weighted by Gasteiger charge is 2.03. The van der Waals surface area contributed by atoms with E-state index in [2.05, 4.69) is 21.2 Å². The Labute approximate surface area is 84.0 Å². The number of carbonyl (C=O) groups excluding carboxylic acids is 1. The van der Waals surface area contributed by atoms with Gasteiger partial charge in [-0.05, 0) is 40.5 Å². The lowest BCUT2D eigenvalue weighted by Crippen LogP contribution is -1.97. The number of hydrogen-bond donors (Lipinski definition) is 1. The summed E-state index contributed by atoms with van der Waals surface area (Å²) in [4.78, 5) is 10.2. The van der Waals surface area contributed by atoms with Crippen LogP contribution >= 0.6 is 27.5 Å². The van der Waals surface area contributed by atoms with Crippen LogP contribution in [-0.2, 0) is 4.79 Å². The predicted octanol–water partition coefficient (Wildman–Crippen LogP) is 2.98. The van der Waals surface area contributed by atoms with Crippen LogP contribution in [0.5, 0.6) is 0 Å². The van der Waals surface area contributed by atoms with E-state index < -0.39 is 0 Å². The van der Waals surface area contributed by atoms with Gasteiger partial charge in [-0.3, -0.25) is 4.79 Å². The molecule has 64 valence electrons. The van der Waals surface area contributed by atoms with E-state index in [1.165, 1.54) is 0 Å². The zero-order valence-electron chi connectivity index (χ0n) is 6.40. The maximum absolute atomic E-state index is 10.2. The van der Waals surface area contributed by atoms with Crippen molar-refractivity contribution in [3.05, 3.63) is 27.2 Å². The summed E-state index contributed by atoms with van der Waals surface area (Å²) >= 11 is 9.07. The maximum Gasteiger partial charge on any atom is 0.211 e. The number of rotatable bonds is 2. The highest BCUT2D eigenvalue weighted by atomic mass is 79.9. The first-order valence-corrected chi connectivity index (χ1v) is 4.48. The third-order valence-electron chi connectivity index (χ3n) is 1.46. The van der Waals surface area contributed by atoms with Gasteiger partial charge in [-0.2, -0.15) is 0 Å². The summed E-state index contributed by atoms with van der Waals surface area (Å²) < 4.78 is 0.791. The van der Waals surface area contributed by atoms with Gasteiger partial charge < -0.3 is 5.32 Å². The minimum Gasteiger partial charge on any atom is -0.327 e. The molecule has 0 radical (unpaired) electrons. The van der Waals surface area contributed by atoms with Crippen LogP contribution < -0.4 is 5.32 Å². The molecular formula is C8H7BrClNO. The van der Waals surface area contributed by atoms with Gasteiger partial charge >= 0.3 is 0 Å². The Morgan fingerprint density at radius 2 is 2.25 bits per heavy atom. The summed E-state index contributed by atoms with van der Waals surface area (Å²) in [5.74, 6) is 0. The minimum absolute atomic E-state index is 0.640. The second kappa shape index (κ2) is 3.92. The first-order chi connectivity index (χ1) is 5.65. The Hall–Kier alpha value is -0.540. The molecule has 1 aromatic rings. The minimum atomic E-state index is 0.640. The fourth-order valence-corrected chi connectivity index (χ4v) is 2.02. The van der Waals surface area contributed by atoms with Crippen molar-refractivity contribution in [3.8, 4) is 0 Å². The van der Waals surface area contributed by atoms with Crippen LogP contribution in [-0.4, -0.2) is 6.41 Å². The van der Waals surface area contributed by atoms with Gasteiger partial charge in [-0.25, -0.2) is 0 Å². The quantitative estimate of drug-likeness (QED) is 0.801. The molecule has 1 aromatic carbocycles. The lowest BCUT2D eigenvalue weighted by molar-refractivity contribution is -0.105. The largest absolute Gasteiger partial charge is 0.327 e. The van der Waals surface area contributed by atoms with E-state index in [4.69, 9.17) is 11.6 Å². The van der Waals surface area contributed by atoms with Gasteiger partial charge in [0.05, 0.1) is 5.69 Å². The molecule has 0 bridgehead atoms. The summed E-state index contributed by atoms with van der Waals surface area (Å²) in [6.07, 6.45) is 0.640. The van der Waals surface area contributed by atoms with Crippen molar-refractivity contribution < 1.29 is 4.79 Å². The Balaban J connectivity index is 3.18. The highest BCUT2D eigenvalue weighted by molar-refractivity contribution is 9.10. The summed E-state index contributed by atoms with van der Waals surface area (Å²) in [5, 5.41) is 3.23. The van der Waals surface area contributed by atoms with E-state index in [1.807, 2.05) is 6.92 Å². The zero-order valence-corrected chi connectivity index (χ0v) is 8.74. The molecule has 4 heteroatoms.